The lowest BCUT2D eigenvalue weighted by Crippen LogP contribution is -2.00. The molecule has 0 aliphatic rings. The van der Waals surface area contributed by atoms with Crippen LogP contribution in [0.25, 0.3) is 117 Å². The van der Waals surface area contributed by atoms with E-state index < -0.39 is 0 Å². The summed E-state index contributed by atoms with van der Waals surface area (Å²) in [5.74, 6) is 1.67. The number of fused-ring (bicyclic) bond motifs is 9. The number of hydrogen-bond acceptors (Lipinski definition) is 5. The third-order valence-corrected chi connectivity index (χ3v) is 11.1. The average Bonchev–Trinajstić information content (AvgIpc) is 3.96. The van der Waals surface area contributed by atoms with E-state index in [1.807, 2.05) is 66.7 Å². The highest BCUT2D eigenvalue weighted by molar-refractivity contribution is 6.13. The molecule has 12 rings (SSSR count). The van der Waals surface area contributed by atoms with Gasteiger partial charge in [0, 0.05) is 54.7 Å². The monoisotopic (exact) mass is 730 g/mol. The molecule has 0 amide bonds. The van der Waals surface area contributed by atoms with Crippen LogP contribution in [-0.2, 0) is 0 Å². The van der Waals surface area contributed by atoms with E-state index in [0.29, 0.717) is 17.5 Å². The minimum Gasteiger partial charge on any atom is -0.455 e. The van der Waals surface area contributed by atoms with Crippen molar-refractivity contribution in [2.45, 2.75) is 0 Å². The van der Waals surface area contributed by atoms with Gasteiger partial charge in [-0.3, -0.25) is 0 Å². The van der Waals surface area contributed by atoms with Crippen molar-refractivity contribution >= 4 is 65.7 Å². The lowest BCUT2D eigenvalue weighted by Gasteiger charge is -2.09. The van der Waals surface area contributed by atoms with Crippen molar-refractivity contribution in [2.75, 3.05) is 0 Å². The lowest BCUT2D eigenvalue weighted by atomic mass is 10.0. The third kappa shape index (κ3) is 4.94. The minimum absolute atomic E-state index is 0.541. The van der Waals surface area contributed by atoms with Crippen LogP contribution < -0.4 is 0 Å². The van der Waals surface area contributed by atoms with Gasteiger partial charge in [0.25, 0.3) is 0 Å². The van der Waals surface area contributed by atoms with Crippen molar-refractivity contribution < 1.29 is 8.83 Å². The van der Waals surface area contributed by atoms with E-state index in [2.05, 4.69) is 120 Å². The summed E-state index contributed by atoms with van der Waals surface area (Å²) in [7, 11) is 0. The molecular weight excluding hydrogens is 701 g/mol. The molecule has 0 unspecified atom stereocenters. The molecule has 0 N–H and O–H groups in total. The molecule has 8 aromatic carbocycles. The number of furan rings is 2. The van der Waals surface area contributed by atoms with Crippen LogP contribution in [0.3, 0.4) is 0 Å². The Kier molecular flexibility index (Phi) is 6.83. The van der Waals surface area contributed by atoms with Crippen LogP contribution in [0, 0.1) is 0 Å². The van der Waals surface area contributed by atoms with Gasteiger partial charge in [0.15, 0.2) is 17.5 Å². The van der Waals surface area contributed by atoms with E-state index in [1.54, 1.807) is 0 Å². The quantitative estimate of drug-likeness (QED) is 0.176. The first-order valence-electron chi connectivity index (χ1n) is 19.0. The van der Waals surface area contributed by atoms with E-state index in [1.165, 1.54) is 16.3 Å². The fourth-order valence-electron chi connectivity index (χ4n) is 8.42. The highest BCUT2D eigenvalue weighted by Gasteiger charge is 2.20. The van der Waals surface area contributed by atoms with Crippen molar-refractivity contribution in [3.05, 3.63) is 182 Å². The van der Waals surface area contributed by atoms with Crippen LogP contribution in [0.4, 0.5) is 0 Å². The van der Waals surface area contributed by atoms with Gasteiger partial charge in [0.1, 0.15) is 22.3 Å². The summed E-state index contributed by atoms with van der Waals surface area (Å²) in [4.78, 5) is 15.1. The number of nitrogens with zero attached hydrogens (tertiary/aromatic N) is 4. The molecule has 0 aliphatic carbocycles. The second kappa shape index (κ2) is 12.3. The van der Waals surface area contributed by atoms with Crippen LogP contribution in [0.5, 0.6) is 0 Å². The molecule has 0 aliphatic heterocycles. The summed E-state index contributed by atoms with van der Waals surface area (Å²) in [6.07, 6.45) is 0. The zero-order valence-corrected chi connectivity index (χ0v) is 30.4. The highest BCUT2D eigenvalue weighted by atomic mass is 16.3. The maximum Gasteiger partial charge on any atom is 0.167 e. The zero-order chi connectivity index (χ0) is 37.5. The molecule has 0 saturated carbocycles. The first-order valence-corrected chi connectivity index (χ1v) is 19.0. The number of hydrogen-bond donors (Lipinski definition) is 0. The van der Waals surface area contributed by atoms with Crippen LogP contribution in [0.1, 0.15) is 0 Å². The van der Waals surface area contributed by atoms with Gasteiger partial charge in [-0.05, 0) is 54.1 Å². The SMILES string of the molecule is c1ccc(-c2nc(-c3ccc4c(c3)oc3c(-c5ccc6c7ccccc7n(-c7ccccc7)c6c5)cccc34)nc(-c3cccc4c3oc3ccccc34)n2)cc1. The fourth-order valence-corrected chi connectivity index (χ4v) is 8.42. The molecule has 266 valence electrons. The van der Waals surface area contributed by atoms with Crippen molar-refractivity contribution in [3.63, 3.8) is 0 Å². The molecule has 57 heavy (non-hydrogen) atoms. The number of benzene rings is 8. The van der Waals surface area contributed by atoms with Gasteiger partial charge in [-0.2, -0.15) is 0 Å². The first kappa shape index (κ1) is 31.5. The minimum atomic E-state index is 0.541. The molecule has 4 heterocycles. The first-order chi connectivity index (χ1) is 28.2. The van der Waals surface area contributed by atoms with Gasteiger partial charge >= 0.3 is 0 Å². The van der Waals surface area contributed by atoms with Crippen molar-refractivity contribution in [1.29, 1.82) is 0 Å². The third-order valence-electron chi connectivity index (χ3n) is 11.1. The molecule has 6 nitrogen and oxygen atoms in total. The summed E-state index contributed by atoms with van der Waals surface area (Å²) in [5, 5.41) is 6.59. The van der Waals surface area contributed by atoms with Gasteiger partial charge < -0.3 is 13.4 Å². The summed E-state index contributed by atoms with van der Waals surface area (Å²) >= 11 is 0. The van der Waals surface area contributed by atoms with E-state index >= 15 is 0 Å². The summed E-state index contributed by atoms with van der Waals surface area (Å²) in [6, 6.07) is 62.7. The average molecular weight is 731 g/mol. The van der Waals surface area contributed by atoms with Crippen molar-refractivity contribution in [2.24, 2.45) is 0 Å². The normalized spacial score (nSPS) is 11.9. The van der Waals surface area contributed by atoms with E-state index in [-0.39, 0.29) is 0 Å². The maximum absolute atomic E-state index is 6.81. The van der Waals surface area contributed by atoms with Crippen LogP contribution in [0.2, 0.25) is 0 Å². The Hall–Kier alpha value is -7.83. The Balaban J connectivity index is 1.02. The Labute approximate surface area is 325 Å². The summed E-state index contributed by atoms with van der Waals surface area (Å²) < 4.78 is 15.6. The van der Waals surface area contributed by atoms with E-state index in [4.69, 9.17) is 23.8 Å². The van der Waals surface area contributed by atoms with Gasteiger partial charge in [-0.15, -0.1) is 0 Å². The standard InChI is InChI=1S/C51H30N4O2/c1-3-13-31(14-4-1)49-52-50(54-51(53-49)42-22-12-21-40-38-18-8-10-24-45(38)56-48(40)42)33-26-28-39-41-20-11-19-35(47(41)57-46(39)30-33)32-25-27-37-36-17-7-9-23-43(36)55(44(37)29-32)34-15-5-2-6-16-34/h1-30H. The second-order valence-corrected chi connectivity index (χ2v) is 14.4. The van der Waals surface area contributed by atoms with E-state index in [0.717, 1.165) is 82.9 Å². The van der Waals surface area contributed by atoms with E-state index in [9.17, 15) is 0 Å². The molecular formula is C51H30N4O2. The Morgan fingerprint density at radius 1 is 0.333 bits per heavy atom. The Morgan fingerprint density at radius 2 is 0.895 bits per heavy atom. The number of rotatable bonds is 5. The smallest absolute Gasteiger partial charge is 0.167 e. The molecule has 0 radical (unpaired) electrons. The molecule has 6 heteroatoms. The highest BCUT2D eigenvalue weighted by Crippen LogP contribution is 2.41. The Bertz CT molecular complexity index is 3530. The second-order valence-electron chi connectivity index (χ2n) is 14.4. The van der Waals surface area contributed by atoms with Crippen molar-refractivity contribution in [3.8, 4) is 51.0 Å². The molecule has 0 bridgehead atoms. The Morgan fingerprint density at radius 3 is 1.72 bits per heavy atom. The van der Waals surface area contributed by atoms with Gasteiger partial charge in [0.05, 0.1) is 16.6 Å². The van der Waals surface area contributed by atoms with Crippen LogP contribution in [-0.4, -0.2) is 19.5 Å². The van der Waals surface area contributed by atoms with Gasteiger partial charge in [-0.25, -0.2) is 15.0 Å². The predicted molar refractivity (Wildman–Crippen MR) is 230 cm³/mol. The largest absolute Gasteiger partial charge is 0.455 e. The zero-order valence-electron chi connectivity index (χ0n) is 30.4. The molecule has 0 spiro atoms. The van der Waals surface area contributed by atoms with Gasteiger partial charge in [-0.1, -0.05) is 133 Å². The lowest BCUT2D eigenvalue weighted by molar-refractivity contribution is 0.669. The fraction of sp³-hybridized carbons (Fsp3) is 0. The molecule has 0 saturated heterocycles. The maximum atomic E-state index is 6.81. The molecule has 0 fully saturated rings. The number of para-hydroxylation sites is 5. The molecule has 12 aromatic rings. The number of aromatic nitrogens is 4. The van der Waals surface area contributed by atoms with Crippen molar-refractivity contribution in [1.82, 2.24) is 19.5 Å². The topological polar surface area (TPSA) is 69.9 Å². The van der Waals surface area contributed by atoms with Gasteiger partial charge in [0.2, 0.25) is 0 Å². The molecule has 0 atom stereocenters. The predicted octanol–water partition coefficient (Wildman–Crippen LogP) is 13.4. The molecule has 4 aromatic heterocycles. The van der Waals surface area contributed by atoms with Crippen LogP contribution in [0.15, 0.2) is 191 Å². The summed E-state index contributed by atoms with van der Waals surface area (Å²) in [6.45, 7) is 0. The summed E-state index contributed by atoms with van der Waals surface area (Å²) in [5.41, 5.74) is 11.3. The van der Waals surface area contributed by atoms with Crippen LogP contribution >= 0.6 is 0 Å².